The summed E-state index contributed by atoms with van der Waals surface area (Å²) in [5, 5.41) is 128. The Balaban J connectivity index is -0.0000000743. The van der Waals surface area contributed by atoms with Crippen LogP contribution in [0.3, 0.4) is 0 Å². The van der Waals surface area contributed by atoms with Gasteiger partial charge in [-0.2, -0.15) is 104 Å². The molecular weight excluding hydrogens is 2780 g/mol. The molecule has 45 heteroatoms. The van der Waals surface area contributed by atoms with Crippen LogP contribution in [0, 0.1) is 181 Å². The predicted molar refractivity (Wildman–Crippen MR) is 586 cm³/mol. The average Bonchev–Trinajstić information content (AvgIpc) is 0.917. The third kappa shape index (κ3) is 111. The van der Waals surface area contributed by atoms with E-state index >= 15 is 0 Å². The largest absolute Gasteiger partial charge is 0.780 e. The van der Waals surface area contributed by atoms with Crippen molar-refractivity contribution in [2.75, 3.05) is 118 Å². The molecular formula is C92H110N21S20W4-17. The van der Waals surface area contributed by atoms with Crippen LogP contribution in [-0.4, -0.2) is 141 Å². The molecule has 0 radical (unpaired) electrons. The van der Waals surface area contributed by atoms with E-state index < -0.39 is 0 Å². The van der Waals surface area contributed by atoms with E-state index in [1.54, 1.807) is 97.1 Å². The monoisotopic (exact) mass is 2880 g/mol. The summed E-state index contributed by atoms with van der Waals surface area (Å²) in [4.78, 5) is 6.63. The first-order chi connectivity index (χ1) is 62.7. The van der Waals surface area contributed by atoms with Crippen molar-refractivity contribution < 1.29 is 97.7 Å². The van der Waals surface area contributed by atoms with Crippen LogP contribution in [0.5, 0.6) is 0 Å². The first kappa shape index (κ1) is 170. The summed E-state index contributed by atoms with van der Waals surface area (Å²) in [5.41, 5.74) is 0. The van der Waals surface area contributed by atoms with Crippen molar-refractivity contribution in [2.24, 2.45) is 0 Å². The quantitative estimate of drug-likeness (QED) is 0.0507. The van der Waals surface area contributed by atoms with Crippen molar-refractivity contribution in [2.45, 2.75) is 144 Å². The number of benzene rings is 4. The Kier molecular flexibility index (Phi) is 154. The molecule has 0 saturated heterocycles. The minimum Gasteiger partial charge on any atom is -0.780 e. The number of allylic oxidation sites excluding steroid dienone is 16. The zero-order chi connectivity index (χ0) is 106. The molecule has 744 valence electrons. The Hall–Kier alpha value is -6.41. The van der Waals surface area contributed by atoms with Crippen LogP contribution < -0.4 is 0 Å². The van der Waals surface area contributed by atoms with Gasteiger partial charge in [0.05, 0.1) is 176 Å². The molecule has 0 amide bonds. The average molecular weight is 2890 g/mol. The van der Waals surface area contributed by atoms with Crippen LogP contribution in [0.15, 0.2) is 219 Å². The Morgan fingerprint density at radius 2 is 0.248 bits per heavy atom. The van der Waals surface area contributed by atoms with Gasteiger partial charge in [-0.25, -0.2) is 0 Å². The summed E-state index contributed by atoms with van der Waals surface area (Å²) in [5.74, 6) is 0. The van der Waals surface area contributed by atoms with Crippen LogP contribution in [-0.2, 0) is 337 Å². The minimum atomic E-state index is -0.109. The van der Waals surface area contributed by atoms with Gasteiger partial charge in [-0.3, -0.25) is 0 Å². The molecule has 0 fully saturated rings. The van der Waals surface area contributed by atoms with Gasteiger partial charge in [-0.15, -0.1) is 78.5 Å². The molecule has 0 N–H and O–H groups in total. The number of nitrogens with zero attached hydrogens (tertiary/aromatic N) is 21. The second-order valence-corrected chi connectivity index (χ2v) is 31.8. The molecule has 0 aliphatic heterocycles. The second-order valence-electron chi connectivity index (χ2n) is 23.4. The van der Waals surface area contributed by atoms with Gasteiger partial charge in [0.15, 0.2) is 0 Å². The van der Waals surface area contributed by atoms with Gasteiger partial charge in [-0.1, -0.05) is 163 Å². The van der Waals surface area contributed by atoms with E-state index in [1.807, 2.05) is 121 Å². The maximum Gasteiger partial charge on any atom is 0.0757 e. The Morgan fingerprint density at radius 3 is 0.270 bits per heavy atom. The number of nitriles is 16. The molecule has 0 unspecified atom stereocenters. The fraction of sp³-hybridized carbons (Fsp3) is 0.391. The molecule has 0 aliphatic rings. The van der Waals surface area contributed by atoms with E-state index in [2.05, 4.69) is 336 Å². The Bertz CT molecular complexity index is 3780. The Morgan fingerprint density at radius 1 is 0.175 bits per heavy atom. The van der Waals surface area contributed by atoms with E-state index in [4.69, 9.17) is 135 Å². The minimum absolute atomic E-state index is 0. The van der Waals surface area contributed by atoms with Gasteiger partial charge in [0.2, 0.25) is 0 Å². The zero-order valence-electron chi connectivity index (χ0n) is 79.5. The number of hydrogen-bond donors (Lipinski definition) is 0. The summed E-state index contributed by atoms with van der Waals surface area (Å²) in [6.07, 6.45) is 0. The molecule has 137 heavy (non-hydrogen) atoms. The van der Waals surface area contributed by atoms with E-state index in [9.17, 15) is 0 Å². The molecule has 4 aromatic rings. The maximum atomic E-state index is 8.01. The van der Waals surface area contributed by atoms with Crippen molar-refractivity contribution in [3.63, 3.8) is 0 Å². The van der Waals surface area contributed by atoms with Gasteiger partial charge in [0, 0.05) is 84.3 Å². The van der Waals surface area contributed by atoms with E-state index in [0.717, 1.165) is 19.6 Å². The van der Waals surface area contributed by atoms with Crippen LogP contribution in [0.4, 0.5) is 0 Å². The summed E-state index contributed by atoms with van der Waals surface area (Å²) >= 11 is 88.9. The van der Waals surface area contributed by atoms with Gasteiger partial charge in [0.1, 0.15) is 0 Å². The summed E-state index contributed by atoms with van der Waals surface area (Å²) < 4.78 is 3.83. The smallest absolute Gasteiger partial charge is 0.0757 e. The summed E-state index contributed by atoms with van der Waals surface area (Å²) in [6.45, 7) is 62.9. The molecule has 0 saturated carbocycles. The maximum absolute atomic E-state index is 8.01. The summed E-state index contributed by atoms with van der Waals surface area (Å²) in [6, 6.07) is 63.8. The molecule has 0 atom stereocenters. The molecule has 21 nitrogen and oxygen atoms in total. The van der Waals surface area contributed by atoms with E-state index in [0.29, 0.717) is 0 Å². The zero-order valence-corrected chi connectivity index (χ0v) is 108. The fourth-order valence-corrected chi connectivity index (χ4v) is 9.22. The second kappa shape index (κ2) is 124. The van der Waals surface area contributed by atoms with Crippen LogP contribution in [0.1, 0.15) is 125 Å². The standard InChI is InChI=1S/3C8H20N.2C6H15N.4C6H6S.8C4H2N2S2.4W/c3*1-5-9(6-2,7-3)8-4;2*1-4-7(5-2)6-3;4*7-6-4-2-1-3-5-6;8*5-1-3(7)4(8)2-6;;;;/h3*5-8H2,1-4H3;2*4-6H2,1-3H3;4*1-5,7H;8*7-8H;;;;/q3*+1;;;;;;;;;;;;;;;;;;/p-20/b;;;;;;;;;8*4-3-;;;;. The third-order valence-electron chi connectivity index (χ3n) is 17.0. The van der Waals surface area contributed by atoms with Crippen molar-refractivity contribution in [1.82, 2.24) is 9.80 Å². The normalized spacial score (nSPS) is 10.2. The molecule has 4 rings (SSSR count). The van der Waals surface area contributed by atoms with Gasteiger partial charge in [0.25, 0.3) is 0 Å². The molecule has 0 aliphatic carbocycles. The Labute approximate surface area is 990 Å². The van der Waals surface area contributed by atoms with Crippen LogP contribution in [0.2, 0.25) is 0 Å². The molecule has 0 spiro atoms. The first-order valence-electron chi connectivity index (χ1n) is 39.7. The van der Waals surface area contributed by atoms with E-state index in [-0.39, 0.29) is 163 Å². The predicted octanol–water partition coefficient (Wildman–Crippen LogP) is 17.4. The SMILES string of the molecule is CCN(CC)CC.CCN(CC)CC.CC[N+](CC)(CC)CC.CC[N+](CC)(CC)CC.CC[N+](CC)(CC)CC.N#C/C([S-])=C(/[S-])C#N.N#C/C([S-])=C(/[S-])C#N.N#C/C([S-])=C(/[S-])C#N.N#C/C([S-])=C(/[S-])C#N.N#C/C([S-])=C(/[S-])C#N.N#C/C([S-])=C(/[S-])C#N.N#C/C([S-])=C(/[S-])C#N.N#C/C([S-])=C(/[S-])C#N.[S-]c1ccccc1.[S-]c1ccccc1.[S-]c1ccccc1.[S-]c1ccccc1.[W].[W].[W].[W]. The fourth-order valence-electron chi connectivity index (χ4n) is 7.86. The molecule has 4 aromatic carbocycles. The van der Waals surface area contributed by atoms with Crippen molar-refractivity contribution in [3.8, 4) is 97.1 Å². The first-order valence-corrected chi connectivity index (χ1v) is 47.9. The third-order valence-corrected chi connectivity index (χ3v) is 23.8. The molecule has 0 bridgehead atoms. The van der Waals surface area contributed by atoms with Gasteiger partial charge < -0.3 is 276 Å². The van der Waals surface area contributed by atoms with E-state index in [1.165, 1.54) is 131 Å². The van der Waals surface area contributed by atoms with Gasteiger partial charge in [-0.05, 0) is 122 Å². The van der Waals surface area contributed by atoms with Crippen molar-refractivity contribution in [1.29, 1.82) is 84.2 Å². The van der Waals surface area contributed by atoms with Gasteiger partial charge >= 0.3 is 0 Å². The molecule has 0 aromatic heterocycles. The van der Waals surface area contributed by atoms with Crippen molar-refractivity contribution >= 4 is 253 Å². The number of quaternary nitrogens is 3. The van der Waals surface area contributed by atoms with Crippen LogP contribution in [0.25, 0.3) is 0 Å². The molecule has 0 heterocycles. The number of rotatable bonds is 18. The van der Waals surface area contributed by atoms with Crippen molar-refractivity contribution in [3.05, 3.63) is 200 Å². The summed E-state index contributed by atoms with van der Waals surface area (Å²) in [7, 11) is 0. The number of hydrogen-bond acceptors (Lipinski definition) is 38. The van der Waals surface area contributed by atoms with Crippen LogP contribution >= 0.6 is 0 Å². The topological polar surface area (TPSA) is 387 Å².